The molecule has 0 bridgehead atoms. The van der Waals surface area contributed by atoms with Gasteiger partial charge in [0.15, 0.2) is 5.11 Å². The van der Waals surface area contributed by atoms with Gasteiger partial charge < -0.3 is 10.4 Å². The van der Waals surface area contributed by atoms with Crippen LogP contribution in [-0.4, -0.2) is 22.1 Å². The Hall–Kier alpha value is -2.70. The number of aryl methyl sites for hydroxylation is 1. The van der Waals surface area contributed by atoms with Crippen LogP contribution in [0.15, 0.2) is 48.2 Å². The number of thiocarbonyl (C=S) groups is 1. The average Bonchev–Trinajstić information content (AvgIpc) is 2.82. The molecule has 1 saturated heterocycles. The number of anilines is 1. The average molecular weight is 373 g/mol. The van der Waals surface area contributed by atoms with E-state index in [1.807, 2.05) is 6.92 Å². The highest BCUT2D eigenvalue weighted by molar-refractivity contribution is 7.80. The van der Waals surface area contributed by atoms with Crippen LogP contribution in [0.2, 0.25) is 5.02 Å². The predicted octanol–water partition coefficient (Wildman–Crippen LogP) is 3.61. The summed E-state index contributed by atoms with van der Waals surface area (Å²) in [6.07, 6.45) is 1.63. The van der Waals surface area contributed by atoms with Crippen molar-refractivity contribution in [3.63, 3.8) is 0 Å². The maximum atomic E-state index is 12.7. The molecule has 2 aromatic rings. The van der Waals surface area contributed by atoms with Crippen molar-refractivity contribution < 1.29 is 14.7 Å². The van der Waals surface area contributed by atoms with Gasteiger partial charge in [-0.15, -0.1) is 0 Å². The highest BCUT2D eigenvalue weighted by Crippen LogP contribution is 2.28. The Bertz CT molecular complexity index is 922. The standard InChI is InChI=1S/C18H13ClN2O3S/c1-10-8-13(19)6-7-15(10)21-16(22)14(20-18(21)25)9-11-2-4-12(5-3-11)17(23)24/h2-9H,1H3,(H,20,25)(H,23,24)/b14-9+. The highest BCUT2D eigenvalue weighted by atomic mass is 35.5. The van der Waals surface area contributed by atoms with Crippen molar-refractivity contribution >= 4 is 52.6 Å². The number of carboxylic acid groups (broad SMARTS) is 1. The van der Waals surface area contributed by atoms with Crippen molar-refractivity contribution in [2.24, 2.45) is 0 Å². The molecule has 3 rings (SSSR count). The molecule has 1 aliphatic rings. The summed E-state index contributed by atoms with van der Waals surface area (Å²) in [5.41, 5.74) is 2.69. The third-order valence-corrected chi connectivity index (χ3v) is 4.27. The first-order valence-electron chi connectivity index (χ1n) is 7.33. The number of hydrogen-bond donors (Lipinski definition) is 2. The molecule has 0 atom stereocenters. The van der Waals surface area contributed by atoms with Crippen molar-refractivity contribution in [2.75, 3.05) is 4.90 Å². The van der Waals surface area contributed by atoms with E-state index in [1.165, 1.54) is 17.0 Å². The Morgan fingerprint density at radius 2 is 1.92 bits per heavy atom. The number of nitrogens with zero attached hydrogens (tertiary/aromatic N) is 1. The van der Waals surface area contributed by atoms with Crippen LogP contribution >= 0.6 is 23.8 Å². The number of carboxylic acids is 1. The van der Waals surface area contributed by atoms with Gasteiger partial charge in [-0.3, -0.25) is 9.69 Å². The molecular formula is C18H13ClN2O3S. The number of benzene rings is 2. The molecule has 1 aliphatic heterocycles. The van der Waals surface area contributed by atoms with Crippen LogP contribution in [0.5, 0.6) is 0 Å². The lowest BCUT2D eigenvalue weighted by atomic mass is 10.1. The Morgan fingerprint density at radius 1 is 1.24 bits per heavy atom. The SMILES string of the molecule is Cc1cc(Cl)ccc1N1C(=O)/C(=C\c2ccc(C(=O)O)cc2)NC1=S. The van der Waals surface area contributed by atoms with Crippen molar-refractivity contribution in [3.05, 3.63) is 69.9 Å². The van der Waals surface area contributed by atoms with Gasteiger partial charge in [-0.05, 0) is 66.7 Å². The summed E-state index contributed by atoms with van der Waals surface area (Å²) in [7, 11) is 0. The number of carbonyl (C=O) groups excluding carboxylic acids is 1. The summed E-state index contributed by atoms with van der Waals surface area (Å²) in [5, 5.41) is 12.7. The van der Waals surface area contributed by atoms with Crippen LogP contribution in [-0.2, 0) is 4.79 Å². The number of nitrogens with one attached hydrogen (secondary N) is 1. The first kappa shape index (κ1) is 17.1. The van der Waals surface area contributed by atoms with Crippen molar-refractivity contribution in [2.45, 2.75) is 6.92 Å². The smallest absolute Gasteiger partial charge is 0.335 e. The van der Waals surface area contributed by atoms with Gasteiger partial charge in [-0.1, -0.05) is 23.7 Å². The monoisotopic (exact) mass is 372 g/mol. The number of hydrogen-bond acceptors (Lipinski definition) is 3. The van der Waals surface area contributed by atoms with E-state index in [9.17, 15) is 9.59 Å². The second kappa shape index (κ2) is 6.66. The molecule has 1 amide bonds. The van der Waals surface area contributed by atoms with Gasteiger partial charge in [-0.25, -0.2) is 4.79 Å². The van der Waals surface area contributed by atoms with Crippen LogP contribution in [0.3, 0.4) is 0 Å². The zero-order chi connectivity index (χ0) is 18.1. The van der Waals surface area contributed by atoms with Gasteiger partial charge in [0.2, 0.25) is 0 Å². The van der Waals surface area contributed by atoms with E-state index in [0.29, 0.717) is 22.0 Å². The topological polar surface area (TPSA) is 69.6 Å². The first-order valence-corrected chi connectivity index (χ1v) is 8.12. The number of amides is 1. The Labute approximate surface area is 154 Å². The molecule has 0 spiro atoms. The minimum Gasteiger partial charge on any atom is -0.478 e. The molecule has 0 radical (unpaired) electrons. The summed E-state index contributed by atoms with van der Waals surface area (Å²) >= 11 is 11.2. The molecule has 0 unspecified atom stereocenters. The minimum atomic E-state index is -1.00. The molecule has 25 heavy (non-hydrogen) atoms. The summed E-state index contributed by atoms with van der Waals surface area (Å²) in [4.78, 5) is 25.0. The van der Waals surface area contributed by atoms with Gasteiger partial charge >= 0.3 is 5.97 Å². The Balaban J connectivity index is 1.91. The second-order valence-corrected chi connectivity index (χ2v) is 6.31. The first-order chi connectivity index (χ1) is 11.9. The Morgan fingerprint density at radius 3 is 2.52 bits per heavy atom. The van der Waals surface area contributed by atoms with Crippen molar-refractivity contribution in [1.82, 2.24) is 5.32 Å². The van der Waals surface area contributed by atoms with Gasteiger partial charge in [0.25, 0.3) is 5.91 Å². The number of rotatable bonds is 3. The van der Waals surface area contributed by atoms with Crippen LogP contribution in [0.4, 0.5) is 5.69 Å². The molecule has 5 nitrogen and oxygen atoms in total. The minimum absolute atomic E-state index is 0.182. The van der Waals surface area contributed by atoms with Crippen LogP contribution in [0, 0.1) is 6.92 Å². The third kappa shape index (κ3) is 3.40. The van der Waals surface area contributed by atoms with E-state index in [0.717, 1.165) is 5.56 Å². The van der Waals surface area contributed by atoms with Gasteiger partial charge in [-0.2, -0.15) is 0 Å². The summed E-state index contributed by atoms with van der Waals surface area (Å²) in [6, 6.07) is 11.4. The molecule has 2 aromatic carbocycles. The lowest BCUT2D eigenvalue weighted by Gasteiger charge is -2.16. The Kier molecular flexibility index (Phi) is 4.57. The molecule has 1 heterocycles. The molecule has 0 aliphatic carbocycles. The molecule has 7 heteroatoms. The van der Waals surface area contributed by atoms with E-state index < -0.39 is 5.97 Å². The third-order valence-electron chi connectivity index (χ3n) is 3.75. The summed E-state index contributed by atoms with van der Waals surface area (Å²) in [5.74, 6) is -1.28. The van der Waals surface area contributed by atoms with Crippen LogP contribution in [0.25, 0.3) is 6.08 Å². The fourth-order valence-electron chi connectivity index (χ4n) is 2.51. The number of aromatic carboxylic acids is 1. The van der Waals surface area contributed by atoms with E-state index in [4.69, 9.17) is 28.9 Å². The molecule has 126 valence electrons. The fourth-order valence-corrected chi connectivity index (χ4v) is 3.03. The second-order valence-electron chi connectivity index (χ2n) is 5.49. The fraction of sp³-hybridized carbons (Fsp3) is 0.0556. The zero-order valence-corrected chi connectivity index (χ0v) is 14.7. The molecule has 2 N–H and O–H groups in total. The molecule has 1 fully saturated rings. The lowest BCUT2D eigenvalue weighted by Crippen LogP contribution is -2.30. The van der Waals surface area contributed by atoms with E-state index in [-0.39, 0.29) is 16.6 Å². The predicted molar refractivity (Wildman–Crippen MR) is 101 cm³/mol. The summed E-state index contributed by atoms with van der Waals surface area (Å²) < 4.78 is 0. The van der Waals surface area contributed by atoms with E-state index >= 15 is 0 Å². The van der Waals surface area contributed by atoms with Gasteiger partial charge in [0.1, 0.15) is 5.70 Å². The zero-order valence-electron chi connectivity index (χ0n) is 13.1. The maximum absolute atomic E-state index is 12.7. The lowest BCUT2D eigenvalue weighted by molar-refractivity contribution is -0.113. The number of carbonyl (C=O) groups is 2. The van der Waals surface area contributed by atoms with Crippen molar-refractivity contribution in [1.29, 1.82) is 0 Å². The number of halogens is 1. The molecule has 0 saturated carbocycles. The maximum Gasteiger partial charge on any atom is 0.335 e. The van der Waals surface area contributed by atoms with Crippen LogP contribution < -0.4 is 10.2 Å². The van der Waals surface area contributed by atoms with Gasteiger partial charge in [0.05, 0.1) is 11.3 Å². The molecule has 0 aromatic heterocycles. The molecular weight excluding hydrogens is 360 g/mol. The van der Waals surface area contributed by atoms with Crippen molar-refractivity contribution in [3.8, 4) is 0 Å². The summed E-state index contributed by atoms with van der Waals surface area (Å²) in [6.45, 7) is 1.85. The van der Waals surface area contributed by atoms with Gasteiger partial charge in [0, 0.05) is 5.02 Å². The van der Waals surface area contributed by atoms with Crippen LogP contribution in [0.1, 0.15) is 21.5 Å². The normalized spacial score (nSPS) is 15.6. The van der Waals surface area contributed by atoms with E-state index in [1.54, 1.807) is 36.4 Å². The van der Waals surface area contributed by atoms with E-state index in [2.05, 4.69) is 5.32 Å². The largest absolute Gasteiger partial charge is 0.478 e. The quantitative estimate of drug-likeness (QED) is 0.636. The highest BCUT2D eigenvalue weighted by Gasteiger charge is 2.32.